The zero-order chi connectivity index (χ0) is 12.5. The van der Waals surface area contributed by atoms with Crippen molar-refractivity contribution in [2.24, 2.45) is 5.41 Å². The molecule has 0 radical (unpaired) electrons. The molecule has 1 aliphatic rings. The zero-order valence-electron chi connectivity index (χ0n) is 10.7. The van der Waals surface area contributed by atoms with E-state index in [1.54, 1.807) is 12.1 Å². The van der Waals surface area contributed by atoms with Crippen molar-refractivity contribution in [3.63, 3.8) is 0 Å². The van der Waals surface area contributed by atoms with Crippen molar-refractivity contribution >= 4 is 0 Å². The Bertz CT molecular complexity index is 388. The van der Waals surface area contributed by atoms with E-state index in [0.717, 1.165) is 25.7 Å². The van der Waals surface area contributed by atoms with Crippen molar-refractivity contribution in [3.05, 3.63) is 35.6 Å². The maximum Gasteiger partial charge on any atom is 0.126 e. The van der Waals surface area contributed by atoms with Crippen LogP contribution in [0.2, 0.25) is 0 Å². The Balaban J connectivity index is 2.07. The molecule has 1 fully saturated rings. The first kappa shape index (κ1) is 12.6. The molecule has 1 saturated carbocycles. The topological polar surface area (TPSA) is 20.2 Å². The van der Waals surface area contributed by atoms with Crippen LogP contribution in [-0.2, 0) is 6.42 Å². The Labute approximate surface area is 103 Å². The second-order valence-corrected chi connectivity index (χ2v) is 6.16. The molecular formula is C15H21FO. The molecule has 1 nitrogen and oxygen atoms in total. The lowest BCUT2D eigenvalue weighted by Gasteiger charge is -2.40. The zero-order valence-corrected chi connectivity index (χ0v) is 10.7. The fraction of sp³-hybridized carbons (Fsp3) is 0.600. The average molecular weight is 236 g/mol. The molecule has 0 unspecified atom stereocenters. The molecule has 0 saturated heterocycles. The summed E-state index contributed by atoms with van der Waals surface area (Å²) in [6, 6.07) is 6.75. The Morgan fingerprint density at radius 2 is 1.71 bits per heavy atom. The first-order valence-corrected chi connectivity index (χ1v) is 6.36. The number of halogens is 1. The van der Waals surface area contributed by atoms with Gasteiger partial charge < -0.3 is 5.11 Å². The van der Waals surface area contributed by atoms with Crippen LogP contribution in [-0.4, -0.2) is 10.7 Å². The van der Waals surface area contributed by atoms with Crippen LogP contribution in [0.15, 0.2) is 24.3 Å². The smallest absolute Gasteiger partial charge is 0.126 e. The van der Waals surface area contributed by atoms with E-state index in [1.807, 2.05) is 6.07 Å². The largest absolute Gasteiger partial charge is 0.390 e. The van der Waals surface area contributed by atoms with E-state index in [2.05, 4.69) is 13.8 Å². The first-order chi connectivity index (χ1) is 7.90. The maximum atomic E-state index is 13.6. The number of aliphatic hydroxyl groups is 1. The standard InChI is InChI=1S/C15H21FO/c1-14(2)7-9-15(17,10-8-14)11-12-5-3-4-6-13(12)16/h3-6,17H,7-11H2,1-2H3. The third-order valence-electron chi connectivity index (χ3n) is 4.01. The molecule has 0 heterocycles. The van der Waals surface area contributed by atoms with E-state index in [1.165, 1.54) is 6.07 Å². The molecule has 0 spiro atoms. The van der Waals surface area contributed by atoms with Crippen molar-refractivity contribution in [3.8, 4) is 0 Å². The molecule has 0 atom stereocenters. The monoisotopic (exact) mass is 236 g/mol. The quantitative estimate of drug-likeness (QED) is 0.830. The number of hydrogen-bond acceptors (Lipinski definition) is 1. The normalized spacial score (nSPS) is 22.4. The van der Waals surface area contributed by atoms with Crippen LogP contribution in [0.1, 0.15) is 45.1 Å². The van der Waals surface area contributed by atoms with Crippen molar-refractivity contribution in [2.45, 2.75) is 51.6 Å². The fourth-order valence-corrected chi connectivity index (χ4v) is 2.57. The van der Waals surface area contributed by atoms with Crippen LogP contribution in [0.4, 0.5) is 4.39 Å². The van der Waals surface area contributed by atoms with Gasteiger partial charge in [-0.1, -0.05) is 32.0 Å². The van der Waals surface area contributed by atoms with Gasteiger partial charge in [0.15, 0.2) is 0 Å². The van der Waals surface area contributed by atoms with Crippen LogP contribution in [0.5, 0.6) is 0 Å². The minimum Gasteiger partial charge on any atom is -0.390 e. The summed E-state index contributed by atoms with van der Waals surface area (Å²) in [4.78, 5) is 0. The van der Waals surface area contributed by atoms with Gasteiger partial charge in [-0.3, -0.25) is 0 Å². The third-order valence-corrected chi connectivity index (χ3v) is 4.01. The minimum absolute atomic E-state index is 0.203. The second-order valence-electron chi connectivity index (χ2n) is 6.16. The molecule has 1 aromatic rings. The molecular weight excluding hydrogens is 215 g/mol. The summed E-state index contributed by atoms with van der Waals surface area (Å²) in [5, 5.41) is 10.5. The molecule has 0 aliphatic heterocycles. The van der Waals surface area contributed by atoms with Crippen molar-refractivity contribution in [2.75, 3.05) is 0 Å². The number of hydrogen-bond donors (Lipinski definition) is 1. The van der Waals surface area contributed by atoms with Crippen molar-refractivity contribution < 1.29 is 9.50 Å². The molecule has 0 bridgehead atoms. The number of benzene rings is 1. The molecule has 94 valence electrons. The van der Waals surface area contributed by atoms with E-state index in [4.69, 9.17) is 0 Å². The van der Waals surface area contributed by atoms with Gasteiger partial charge in [0.2, 0.25) is 0 Å². The van der Waals surface area contributed by atoms with Gasteiger partial charge in [0.05, 0.1) is 5.60 Å². The number of rotatable bonds is 2. The SMILES string of the molecule is CC1(C)CCC(O)(Cc2ccccc2F)CC1. The lowest BCUT2D eigenvalue weighted by Crippen LogP contribution is -2.38. The molecule has 0 aromatic heterocycles. The van der Waals surface area contributed by atoms with Gasteiger partial charge >= 0.3 is 0 Å². The highest BCUT2D eigenvalue weighted by atomic mass is 19.1. The van der Waals surface area contributed by atoms with Gasteiger partial charge in [0.1, 0.15) is 5.82 Å². The lowest BCUT2D eigenvalue weighted by molar-refractivity contribution is -0.0256. The molecule has 1 N–H and O–H groups in total. The van der Waals surface area contributed by atoms with E-state index in [-0.39, 0.29) is 5.82 Å². The fourth-order valence-electron chi connectivity index (χ4n) is 2.57. The summed E-state index contributed by atoms with van der Waals surface area (Å²) in [5.41, 5.74) is 0.244. The predicted molar refractivity (Wildman–Crippen MR) is 67.3 cm³/mol. The molecule has 17 heavy (non-hydrogen) atoms. The van der Waals surface area contributed by atoms with Crippen molar-refractivity contribution in [1.29, 1.82) is 0 Å². The van der Waals surface area contributed by atoms with Gasteiger partial charge in [-0.15, -0.1) is 0 Å². The third kappa shape index (κ3) is 3.06. The first-order valence-electron chi connectivity index (χ1n) is 6.36. The minimum atomic E-state index is -0.711. The van der Waals surface area contributed by atoms with Gasteiger partial charge in [-0.25, -0.2) is 4.39 Å². The van der Waals surface area contributed by atoms with Gasteiger partial charge in [-0.05, 0) is 42.7 Å². The van der Waals surface area contributed by atoms with Crippen LogP contribution < -0.4 is 0 Å². The van der Waals surface area contributed by atoms with E-state index < -0.39 is 5.60 Å². The van der Waals surface area contributed by atoms with Crippen LogP contribution >= 0.6 is 0 Å². The summed E-state index contributed by atoms with van der Waals surface area (Å²) in [7, 11) is 0. The highest BCUT2D eigenvalue weighted by Crippen LogP contribution is 2.41. The van der Waals surface area contributed by atoms with E-state index in [9.17, 15) is 9.50 Å². The molecule has 2 rings (SSSR count). The van der Waals surface area contributed by atoms with Gasteiger partial charge in [-0.2, -0.15) is 0 Å². The molecule has 1 aliphatic carbocycles. The average Bonchev–Trinajstić information content (AvgIpc) is 2.27. The van der Waals surface area contributed by atoms with Crippen molar-refractivity contribution in [1.82, 2.24) is 0 Å². The summed E-state index contributed by atoms with van der Waals surface area (Å²) in [6.45, 7) is 4.46. The molecule has 1 aromatic carbocycles. The van der Waals surface area contributed by atoms with Gasteiger partial charge in [0.25, 0.3) is 0 Å². The van der Waals surface area contributed by atoms with Crippen LogP contribution in [0.25, 0.3) is 0 Å². The summed E-state index contributed by atoms with van der Waals surface area (Å²) >= 11 is 0. The summed E-state index contributed by atoms with van der Waals surface area (Å²) < 4.78 is 13.6. The summed E-state index contributed by atoms with van der Waals surface area (Å²) in [5.74, 6) is -0.203. The highest BCUT2D eigenvalue weighted by Gasteiger charge is 2.36. The predicted octanol–water partition coefficient (Wildman–Crippen LogP) is 3.70. The summed E-state index contributed by atoms with van der Waals surface area (Å²) in [6.07, 6.45) is 4.01. The Morgan fingerprint density at radius 3 is 2.29 bits per heavy atom. The molecule has 2 heteroatoms. The van der Waals surface area contributed by atoms with Crippen LogP contribution in [0, 0.1) is 11.2 Å². The molecule has 0 amide bonds. The highest BCUT2D eigenvalue weighted by molar-refractivity contribution is 5.19. The van der Waals surface area contributed by atoms with E-state index >= 15 is 0 Å². The Kier molecular flexibility index (Phi) is 3.26. The van der Waals surface area contributed by atoms with Crippen LogP contribution in [0.3, 0.4) is 0 Å². The van der Waals surface area contributed by atoms with Gasteiger partial charge in [0, 0.05) is 6.42 Å². The maximum absolute atomic E-state index is 13.6. The Hall–Kier alpha value is -0.890. The Morgan fingerprint density at radius 1 is 1.12 bits per heavy atom. The van der Waals surface area contributed by atoms with E-state index in [0.29, 0.717) is 17.4 Å². The lowest BCUT2D eigenvalue weighted by atomic mass is 9.69. The second kappa shape index (κ2) is 4.41.